The zero-order valence-electron chi connectivity index (χ0n) is 12.9. The second-order valence-corrected chi connectivity index (χ2v) is 5.97. The highest BCUT2D eigenvalue weighted by atomic mass is 16.5. The second-order valence-electron chi connectivity index (χ2n) is 5.97. The van der Waals surface area contributed by atoms with Crippen molar-refractivity contribution in [1.82, 2.24) is 0 Å². The van der Waals surface area contributed by atoms with Gasteiger partial charge in [-0.05, 0) is 30.5 Å². The van der Waals surface area contributed by atoms with Gasteiger partial charge in [-0.3, -0.25) is 9.59 Å². The van der Waals surface area contributed by atoms with Crippen molar-refractivity contribution in [2.75, 3.05) is 12.4 Å². The van der Waals surface area contributed by atoms with Crippen LogP contribution in [0, 0.1) is 0 Å². The van der Waals surface area contributed by atoms with Crippen LogP contribution in [0.4, 0.5) is 5.69 Å². The summed E-state index contributed by atoms with van der Waals surface area (Å²) in [5.41, 5.74) is 1.04. The fraction of sp³-hybridized carbons (Fsp3) is 0.444. The van der Waals surface area contributed by atoms with Gasteiger partial charge in [0.15, 0.2) is 0 Å². The Morgan fingerprint density at radius 3 is 2.18 bits per heavy atom. The molecule has 0 radical (unpaired) electrons. The van der Waals surface area contributed by atoms with Gasteiger partial charge in [-0.15, -0.1) is 0 Å². The van der Waals surface area contributed by atoms with E-state index in [1.165, 1.54) is 25.7 Å². The molecule has 1 N–H and O–H groups in total. The van der Waals surface area contributed by atoms with E-state index in [2.05, 4.69) is 5.32 Å². The van der Waals surface area contributed by atoms with Gasteiger partial charge in [0.25, 0.3) is 0 Å². The molecule has 0 atom stereocenters. The van der Waals surface area contributed by atoms with Gasteiger partial charge in [0.1, 0.15) is 5.75 Å². The standard InChI is InChI=1S/C18H21NO3/c1-22-14-10-8-12(9-11-14)15-16(18(21)17(15)20)19-13-6-4-2-3-5-7-13/h8-11,13,19H,2-7H2,1H3. The summed E-state index contributed by atoms with van der Waals surface area (Å²) in [6.07, 6.45) is 7.03. The van der Waals surface area contributed by atoms with E-state index in [0.717, 1.165) is 24.2 Å². The van der Waals surface area contributed by atoms with Crippen molar-refractivity contribution in [3.63, 3.8) is 0 Å². The van der Waals surface area contributed by atoms with E-state index in [4.69, 9.17) is 4.74 Å². The van der Waals surface area contributed by atoms with Gasteiger partial charge < -0.3 is 10.1 Å². The Morgan fingerprint density at radius 2 is 1.59 bits per heavy atom. The lowest BCUT2D eigenvalue weighted by Crippen LogP contribution is -2.38. The highest BCUT2D eigenvalue weighted by molar-refractivity contribution is 5.82. The summed E-state index contributed by atoms with van der Waals surface area (Å²) < 4.78 is 5.13. The third kappa shape index (κ3) is 2.78. The molecule has 0 heterocycles. The number of nitrogens with one attached hydrogen (secondary N) is 1. The number of anilines is 1. The number of rotatable bonds is 4. The fourth-order valence-electron chi connectivity index (χ4n) is 3.19. The first-order valence-electron chi connectivity index (χ1n) is 7.95. The average Bonchev–Trinajstić information content (AvgIpc) is 2.83. The van der Waals surface area contributed by atoms with Gasteiger partial charge in [-0.1, -0.05) is 37.8 Å². The van der Waals surface area contributed by atoms with Crippen LogP contribution in [0.5, 0.6) is 5.75 Å². The van der Waals surface area contributed by atoms with E-state index in [9.17, 15) is 9.59 Å². The van der Waals surface area contributed by atoms with Gasteiger partial charge in [-0.2, -0.15) is 0 Å². The minimum Gasteiger partial charge on any atom is -0.497 e. The summed E-state index contributed by atoms with van der Waals surface area (Å²) in [7, 11) is 1.60. The highest BCUT2D eigenvalue weighted by Crippen LogP contribution is 2.28. The Morgan fingerprint density at radius 1 is 0.955 bits per heavy atom. The summed E-state index contributed by atoms with van der Waals surface area (Å²) in [6.45, 7) is 0. The minimum absolute atomic E-state index is 0.308. The summed E-state index contributed by atoms with van der Waals surface area (Å²) in [5, 5.41) is 3.33. The number of hydrogen-bond donors (Lipinski definition) is 1. The predicted octanol–water partition coefficient (Wildman–Crippen LogP) is 3.09. The van der Waals surface area contributed by atoms with Crippen LogP contribution in [0.25, 0.3) is 11.1 Å². The molecule has 0 aromatic heterocycles. The lowest BCUT2D eigenvalue weighted by molar-refractivity contribution is 0.415. The maximum atomic E-state index is 12.0. The van der Waals surface area contributed by atoms with E-state index in [-0.39, 0.29) is 10.9 Å². The molecule has 1 aliphatic rings. The monoisotopic (exact) mass is 299 g/mol. The number of ether oxygens (including phenoxy) is 1. The SMILES string of the molecule is COc1ccc(-c2c(NC3CCCCCC3)c(=O)c2=O)cc1. The first kappa shape index (κ1) is 14.8. The lowest BCUT2D eigenvalue weighted by Gasteiger charge is -2.21. The third-order valence-corrected chi connectivity index (χ3v) is 4.49. The number of methoxy groups -OCH3 is 1. The lowest BCUT2D eigenvalue weighted by atomic mass is 9.97. The van der Waals surface area contributed by atoms with E-state index < -0.39 is 0 Å². The van der Waals surface area contributed by atoms with E-state index in [0.29, 0.717) is 17.3 Å². The smallest absolute Gasteiger partial charge is 0.250 e. The topological polar surface area (TPSA) is 55.4 Å². The van der Waals surface area contributed by atoms with Crippen LogP contribution < -0.4 is 20.9 Å². The Balaban J connectivity index is 1.84. The molecule has 22 heavy (non-hydrogen) atoms. The van der Waals surface area contributed by atoms with Gasteiger partial charge >= 0.3 is 0 Å². The van der Waals surface area contributed by atoms with Crippen molar-refractivity contribution in [2.24, 2.45) is 0 Å². The quantitative estimate of drug-likeness (QED) is 0.696. The van der Waals surface area contributed by atoms with Crippen molar-refractivity contribution in [3.8, 4) is 16.9 Å². The molecule has 0 spiro atoms. The van der Waals surface area contributed by atoms with Crippen LogP contribution in [0.3, 0.4) is 0 Å². The third-order valence-electron chi connectivity index (χ3n) is 4.49. The van der Waals surface area contributed by atoms with Crippen molar-refractivity contribution in [1.29, 1.82) is 0 Å². The van der Waals surface area contributed by atoms with Crippen molar-refractivity contribution in [2.45, 2.75) is 44.6 Å². The van der Waals surface area contributed by atoms with Crippen LogP contribution >= 0.6 is 0 Å². The van der Waals surface area contributed by atoms with Gasteiger partial charge in [0.2, 0.25) is 10.9 Å². The Kier molecular flexibility index (Phi) is 4.27. The highest BCUT2D eigenvalue weighted by Gasteiger charge is 2.24. The molecular weight excluding hydrogens is 278 g/mol. The Bertz CT molecular complexity index is 703. The van der Waals surface area contributed by atoms with Crippen LogP contribution in [-0.4, -0.2) is 13.2 Å². The molecule has 4 nitrogen and oxygen atoms in total. The molecule has 0 unspecified atom stereocenters. The zero-order valence-corrected chi connectivity index (χ0v) is 12.9. The van der Waals surface area contributed by atoms with Crippen LogP contribution in [-0.2, 0) is 0 Å². The van der Waals surface area contributed by atoms with Crippen LogP contribution in [0.2, 0.25) is 0 Å². The van der Waals surface area contributed by atoms with Crippen molar-refractivity contribution >= 4 is 5.69 Å². The van der Waals surface area contributed by atoms with Gasteiger partial charge in [0, 0.05) is 6.04 Å². The Hall–Kier alpha value is -2.10. The Labute approximate surface area is 129 Å². The molecule has 1 fully saturated rings. The maximum absolute atomic E-state index is 12.0. The molecule has 4 heteroatoms. The first-order valence-corrected chi connectivity index (χ1v) is 7.95. The number of hydrogen-bond acceptors (Lipinski definition) is 4. The molecule has 116 valence electrons. The zero-order chi connectivity index (χ0) is 15.5. The van der Waals surface area contributed by atoms with E-state index in [1.54, 1.807) is 7.11 Å². The molecule has 2 aromatic carbocycles. The maximum Gasteiger partial charge on any atom is 0.250 e. The molecule has 0 saturated heterocycles. The van der Waals surface area contributed by atoms with E-state index in [1.807, 2.05) is 24.3 Å². The molecule has 0 bridgehead atoms. The largest absolute Gasteiger partial charge is 0.497 e. The molecule has 3 rings (SSSR count). The van der Waals surface area contributed by atoms with Crippen molar-refractivity contribution in [3.05, 3.63) is 44.7 Å². The first-order chi connectivity index (χ1) is 10.7. The van der Waals surface area contributed by atoms with Crippen LogP contribution in [0.15, 0.2) is 33.9 Å². The molecular formula is C18H21NO3. The molecule has 1 saturated carbocycles. The summed E-state index contributed by atoms with van der Waals surface area (Å²) >= 11 is 0. The normalized spacial score (nSPS) is 16.4. The average molecular weight is 299 g/mol. The van der Waals surface area contributed by atoms with Crippen LogP contribution in [0.1, 0.15) is 38.5 Å². The van der Waals surface area contributed by atoms with Gasteiger partial charge in [-0.25, -0.2) is 0 Å². The fourth-order valence-corrected chi connectivity index (χ4v) is 3.19. The minimum atomic E-state index is -0.388. The number of benzene rings is 1. The summed E-state index contributed by atoms with van der Waals surface area (Å²) in [4.78, 5) is 23.9. The van der Waals surface area contributed by atoms with Gasteiger partial charge in [0.05, 0.1) is 18.4 Å². The molecule has 2 aromatic rings. The van der Waals surface area contributed by atoms with Crippen molar-refractivity contribution < 1.29 is 4.74 Å². The summed E-state index contributed by atoms with van der Waals surface area (Å²) in [5.74, 6) is 0.737. The molecule has 0 amide bonds. The molecule has 1 aliphatic carbocycles. The molecule has 0 aliphatic heterocycles. The second kappa shape index (κ2) is 6.34. The predicted molar refractivity (Wildman–Crippen MR) is 88.5 cm³/mol. The van der Waals surface area contributed by atoms with E-state index >= 15 is 0 Å². The summed E-state index contributed by atoms with van der Waals surface area (Å²) in [6, 6.07) is 7.58.